The molecule has 190 valence electrons. The van der Waals surface area contributed by atoms with Crippen molar-refractivity contribution in [2.75, 3.05) is 11.9 Å². The molecule has 1 saturated heterocycles. The van der Waals surface area contributed by atoms with Gasteiger partial charge in [0.25, 0.3) is 5.91 Å². The number of hydrogen-bond donors (Lipinski definition) is 4. The van der Waals surface area contributed by atoms with Crippen LogP contribution in [0.15, 0.2) is 84.9 Å². The number of anilines is 1. The van der Waals surface area contributed by atoms with Gasteiger partial charge in [-0.1, -0.05) is 48.5 Å². The van der Waals surface area contributed by atoms with Crippen molar-refractivity contribution in [3.8, 4) is 11.5 Å². The molecule has 10 nitrogen and oxygen atoms in total. The number of rotatable bonds is 11. The van der Waals surface area contributed by atoms with Crippen LogP contribution in [0.1, 0.15) is 12.0 Å². The molecule has 0 aliphatic carbocycles. The molecule has 4 rings (SSSR count). The summed E-state index contributed by atoms with van der Waals surface area (Å²) in [6.07, 6.45) is -0.314. The Morgan fingerprint density at radius 2 is 1.51 bits per heavy atom. The molecular formula is C27H26N4O6. The highest BCUT2D eigenvalue weighted by Crippen LogP contribution is 2.22. The fraction of sp³-hybridized carbons (Fsp3) is 0.185. The molecule has 4 N–H and O–H groups in total. The molecule has 0 saturated carbocycles. The largest absolute Gasteiger partial charge is 0.457 e. The molecule has 0 aromatic heterocycles. The fourth-order valence-corrected chi connectivity index (χ4v) is 3.55. The first-order chi connectivity index (χ1) is 18.0. The minimum Gasteiger partial charge on any atom is -0.457 e. The van der Waals surface area contributed by atoms with E-state index in [0.717, 1.165) is 5.56 Å². The molecule has 0 radical (unpaired) electrons. The third-order valence-corrected chi connectivity index (χ3v) is 5.40. The minimum atomic E-state index is -1.04. The Labute approximate surface area is 213 Å². The Balaban J connectivity index is 1.37. The highest BCUT2D eigenvalue weighted by atomic mass is 16.5. The third-order valence-electron chi connectivity index (χ3n) is 5.40. The molecule has 3 aromatic rings. The Morgan fingerprint density at radius 1 is 0.865 bits per heavy atom. The Bertz CT molecular complexity index is 1230. The van der Waals surface area contributed by atoms with Crippen LogP contribution in [0, 0.1) is 0 Å². The van der Waals surface area contributed by atoms with Crippen LogP contribution < -0.4 is 26.0 Å². The van der Waals surface area contributed by atoms with Gasteiger partial charge in [-0.3, -0.25) is 19.7 Å². The Kier molecular flexibility index (Phi) is 8.45. The lowest BCUT2D eigenvalue weighted by atomic mass is 10.2. The Hall–Kier alpha value is -4.70. The number of ether oxygens (including phenoxy) is 2. The molecule has 5 amide bonds. The van der Waals surface area contributed by atoms with Crippen molar-refractivity contribution in [3.05, 3.63) is 90.5 Å². The van der Waals surface area contributed by atoms with E-state index in [0.29, 0.717) is 17.2 Å². The van der Waals surface area contributed by atoms with Crippen LogP contribution in [0.4, 0.5) is 10.5 Å². The van der Waals surface area contributed by atoms with Gasteiger partial charge in [-0.15, -0.1) is 0 Å². The monoisotopic (exact) mass is 502 g/mol. The molecule has 2 atom stereocenters. The number of para-hydroxylation sites is 1. The summed E-state index contributed by atoms with van der Waals surface area (Å²) in [7, 11) is 0. The molecule has 0 bridgehead atoms. The summed E-state index contributed by atoms with van der Waals surface area (Å²) in [5, 5.41) is 9.79. The SMILES string of the molecule is O=C(CC1NC(=O)NC1=O)N[C@@H](COCc1ccccc1)C(=O)Nc1ccc(Oc2ccccc2)cc1. The standard InChI is InChI=1S/C27H26N4O6/c32-24(15-22-25(33)31-27(35)30-22)29-23(17-36-16-18-7-3-1-4-8-18)26(34)28-19-11-13-21(14-12-19)37-20-9-5-2-6-10-20/h1-14,22-23H,15-17H2,(H,28,34)(H,29,32)(H2,30,31,33,35)/t22?,23-/m0/s1. The van der Waals surface area contributed by atoms with Crippen LogP contribution in [-0.2, 0) is 25.7 Å². The first kappa shape index (κ1) is 25.4. The highest BCUT2D eigenvalue weighted by molar-refractivity contribution is 6.06. The second-order valence-corrected chi connectivity index (χ2v) is 8.27. The van der Waals surface area contributed by atoms with Gasteiger partial charge in [-0.2, -0.15) is 0 Å². The predicted octanol–water partition coefficient (Wildman–Crippen LogP) is 2.72. The van der Waals surface area contributed by atoms with E-state index in [9.17, 15) is 19.2 Å². The number of amides is 5. The van der Waals surface area contributed by atoms with E-state index in [1.165, 1.54) is 0 Å². The summed E-state index contributed by atoms with van der Waals surface area (Å²) >= 11 is 0. The predicted molar refractivity (Wildman–Crippen MR) is 135 cm³/mol. The van der Waals surface area contributed by atoms with E-state index in [1.54, 1.807) is 24.3 Å². The maximum Gasteiger partial charge on any atom is 0.322 e. The number of hydrogen-bond acceptors (Lipinski definition) is 6. The first-order valence-electron chi connectivity index (χ1n) is 11.6. The van der Waals surface area contributed by atoms with Crippen molar-refractivity contribution in [1.29, 1.82) is 0 Å². The smallest absolute Gasteiger partial charge is 0.322 e. The summed E-state index contributed by atoms with van der Waals surface area (Å²) in [6.45, 7) is 0.137. The molecule has 37 heavy (non-hydrogen) atoms. The second-order valence-electron chi connectivity index (χ2n) is 8.27. The first-order valence-corrected chi connectivity index (χ1v) is 11.6. The maximum atomic E-state index is 13.0. The number of benzene rings is 3. The summed E-state index contributed by atoms with van der Waals surface area (Å²) < 4.78 is 11.5. The normalized spacial score (nSPS) is 15.3. The molecule has 1 aliphatic rings. The van der Waals surface area contributed by atoms with E-state index in [2.05, 4.69) is 21.3 Å². The van der Waals surface area contributed by atoms with E-state index in [-0.39, 0.29) is 19.6 Å². The number of nitrogens with one attached hydrogen (secondary N) is 4. The highest BCUT2D eigenvalue weighted by Gasteiger charge is 2.32. The van der Waals surface area contributed by atoms with Gasteiger partial charge < -0.3 is 25.4 Å². The zero-order valence-corrected chi connectivity index (χ0v) is 19.8. The topological polar surface area (TPSA) is 135 Å². The molecule has 1 unspecified atom stereocenters. The van der Waals surface area contributed by atoms with Gasteiger partial charge in [0.2, 0.25) is 11.8 Å². The summed E-state index contributed by atoms with van der Waals surface area (Å²) in [5.41, 5.74) is 1.41. The van der Waals surface area contributed by atoms with Gasteiger partial charge in [-0.05, 0) is 42.0 Å². The van der Waals surface area contributed by atoms with Crippen molar-refractivity contribution < 1.29 is 28.7 Å². The molecule has 3 aromatic carbocycles. The average molecular weight is 503 g/mol. The van der Waals surface area contributed by atoms with Crippen LogP contribution in [-0.4, -0.2) is 42.4 Å². The average Bonchev–Trinajstić information content (AvgIpc) is 3.21. The van der Waals surface area contributed by atoms with Crippen LogP contribution >= 0.6 is 0 Å². The summed E-state index contributed by atoms with van der Waals surface area (Å²) in [5.74, 6) is -0.406. The minimum absolute atomic E-state index is 0.106. The number of carbonyl (C=O) groups is 4. The lowest BCUT2D eigenvalue weighted by Crippen LogP contribution is -2.48. The van der Waals surface area contributed by atoms with Gasteiger partial charge in [0.05, 0.1) is 19.6 Å². The van der Waals surface area contributed by atoms with E-state index in [1.807, 2.05) is 60.7 Å². The van der Waals surface area contributed by atoms with Crippen molar-refractivity contribution in [1.82, 2.24) is 16.0 Å². The van der Waals surface area contributed by atoms with Crippen molar-refractivity contribution in [2.24, 2.45) is 0 Å². The fourth-order valence-electron chi connectivity index (χ4n) is 3.55. The Morgan fingerprint density at radius 3 is 2.16 bits per heavy atom. The number of carbonyl (C=O) groups excluding carboxylic acids is 4. The third kappa shape index (κ3) is 7.64. The van der Waals surface area contributed by atoms with Crippen molar-refractivity contribution in [3.63, 3.8) is 0 Å². The molecular weight excluding hydrogens is 476 g/mol. The molecule has 1 aliphatic heterocycles. The van der Waals surface area contributed by atoms with Crippen LogP contribution in [0.2, 0.25) is 0 Å². The van der Waals surface area contributed by atoms with Gasteiger partial charge in [0.15, 0.2) is 0 Å². The van der Waals surface area contributed by atoms with Gasteiger partial charge in [-0.25, -0.2) is 4.79 Å². The number of urea groups is 1. The van der Waals surface area contributed by atoms with Gasteiger partial charge in [0, 0.05) is 5.69 Å². The van der Waals surface area contributed by atoms with Gasteiger partial charge >= 0.3 is 6.03 Å². The van der Waals surface area contributed by atoms with E-state index in [4.69, 9.17) is 9.47 Å². The summed E-state index contributed by atoms with van der Waals surface area (Å²) in [6, 6.07) is 22.8. The lowest BCUT2D eigenvalue weighted by Gasteiger charge is -2.19. The molecule has 10 heteroatoms. The zero-order chi connectivity index (χ0) is 26.0. The van der Waals surface area contributed by atoms with Gasteiger partial charge in [0.1, 0.15) is 23.6 Å². The maximum absolute atomic E-state index is 13.0. The van der Waals surface area contributed by atoms with E-state index >= 15 is 0 Å². The molecule has 1 fully saturated rings. The number of imide groups is 1. The van der Waals surface area contributed by atoms with Crippen molar-refractivity contribution in [2.45, 2.75) is 25.1 Å². The van der Waals surface area contributed by atoms with Crippen LogP contribution in [0.3, 0.4) is 0 Å². The van der Waals surface area contributed by atoms with Crippen LogP contribution in [0.25, 0.3) is 0 Å². The second kappa shape index (κ2) is 12.3. The van der Waals surface area contributed by atoms with E-state index < -0.39 is 35.8 Å². The van der Waals surface area contributed by atoms with Crippen molar-refractivity contribution >= 4 is 29.4 Å². The molecule has 1 heterocycles. The summed E-state index contributed by atoms with van der Waals surface area (Å²) in [4.78, 5) is 48.7. The quantitative estimate of drug-likeness (QED) is 0.298. The lowest BCUT2D eigenvalue weighted by molar-refractivity contribution is -0.129. The molecule has 0 spiro atoms. The van der Waals surface area contributed by atoms with Crippen LogP contribution in [0.5, 0.6) is 11.5 Å². The zero-order valence-electron chi connectivity index (χ0n) is 19.8.